The van der Waals surface area contributed by atoms with Gasteiger partial charge in [-0.2, -0.15) is 0 Å². The normalized spacial score (nSPS) is 11.2. The van der Waals surface area contributed by atoms with E-state index in [0.29, 0.717) is 10.6 Å². The van der Waals surface area contributed by atoms with Crippen LogP contribution in [0, 0.1) is 6.92 Å². The first kappa shape index (κ1) is 15.1. The number of nitrogens with two attached hydrogens (primary N) is 1. The zero-order valence-electron chi connectivity index (χ0n) is 10.7. The second-order valence-electron chi connectivity index (χ2n) is 4.00. The predicted octanol–water partition coefficient (Wildman–Crippen LogP) is 3.18. The topological polar surface area (TPSA) is 77.2 Å². The average Bonchev–Trinajstić information content (AvgIpc) is 2.66. The lowest BCUT2D eigenvalue weighted by molar-refractivity contribution is -0.274. The maximum atomic E-state index is 12.1. The van der Waals surface area contributed by atoms with Crippen molar-refractivity contribution in [3.63, 3.8) is 0 Å². The van der Waals surface area contributed by atoms with Gasteiger partial charge in [0.05, 0.1) is 5.69 Å². The number of hydrogen-bond donors (Lipinski definition) is 2. The Hall–Kier alpha value is -2.29. The van der Waals surface area contributed by atoms with Gasteiger partial charge in [-0.15, -0.1) is 13.2 Å². The number of nitrogens with zero attached hydrogens (tertiary/aromatic N) is 1. The zero-order valence-corrected chi connectivity index (χ0v) is 11.5. The minimum Gasteiger partial charge on any atom is -0.406 e. The molecule has 0 atom stereocenters. The Morgan fingerprint density at radius 3 is 2.71 bits per heavy atom. The van der Waals surface area contributed by atoms with Crippen LogP contribution in [0.15, 0.2) is 24.3 Å². The van der Waals surface area contributed by atoms with E-state index in [1.165, 1.54) is 12.1 Å². The number of carbonyl (C=O) groups excluding carboxylic acids is 1. The molecule has 0 aliphatic rings. The Morgan fingerprint density at radius 2 is 2.14 bits per heavy atom. The van der Waals surface area contributed by atoms with Gasteiger partial charge in [-0.05, 0) is 19.1 Å². The first-order chi connectivity index (χ1) is 9.74. The summed E-state index contributed by atoms with van der Waals surface area (Å²) in [6, 6.07) is 5.00. The van der Waals surface area contributed by atoms with Crippen LogP contribution in [0.4, 0.5) is 24.0 Å². The number of nitrogen functional groups attached to an aromatic ring is 1. The Balaban J connectivity index is 2.14. The van der Waals surface area contributed by atoms with Gasteiger partial charge in [0, 0.05) is 11.8 Å². The number of nitrogens with one attached hydrogen (secondary N) is 1. The first-order valence-electron chi connectivity index (χ1n) is 5.64. The number of thiazole rings is 1. The maximum Gasteiger partial charge on any atom is 0.573 e. The molecule has 1 aromatic carbocycles. The van der Waals surface area contributed by atoms with Gasteiger partial charge >= 0.3 is 6.36 Å². The van der Waals surface area contributed by atoms with Crippen molar-refractivity contribution in [1.29, 1.82) is 0 Å². The fraction of sp³-hybridized carbons (Fsp3) is 0.167. The van der Waals surface area contributed by atoms with Gasteiger partial charge in [-0.1, -0.05) is 17.4 Å². The third kappa shape index (κ3) is 4.09. The van der Waals surface area contributed by atoms with Gasteiger partial charge in [0.25, 0.3) is 5.91 Å². The lowest BCUT2D eigenvalue weighted by atomic mass is 10.3. The highest BCUT2D eigenvalue weighted by Gasteiger charge is 2.31. The van der Waals surface area contributed by atoms with Crippen LogP contribution in [0.5, 0.6) is 5.75 Å². The molecule has 112 valence electrons. The maximum absolute atomic E-state index is 12.1. The van der Waals surface area contributed by atoms with Gasteiger partial charge in [-0.3, -0.25) is 4.79 Å². The molecule has 2 aromatic rings. The first-order valence-corrected chi connectivity index (χ1v) is 6.46. The number of hydrogen-bond acceptors (Lipinski definition) is 5. The molecule has 0 unspecified atom stereocenters. The standard InChI is InChI=1S/C12H10F3N3O2S/c1-6-9(21-11(16)17-6)10(19)18-7-3-2-4-8(5-7)20-12(13,14)15/h2-5H,1H3,(H2,16,17)(H,18,19). The van der Waals surface area contributed by atoms with Crippen molar-refractivity contribution >= 4 is 28.1 Å². The predicted molar refractivity (Wildman–Crippen MR) is 72.3 cm³/mol. The Morgan fingerprint density at radius 1 is 1.43 bits per heavy atom. The summed E-state index contributed by atoms with van der Waals surface area (Å²) < 4.78 is 40.2. The number of aryl methyl sites for hydroxylation is 1. The minimum absolute atomic E-state index is 0.174. The van der Waals surface area contributed by atoms with E-state index in [1.54, 1.807) is 6.92 Å². The molecule has 0 bridgehead atoms. The van der Waals surface area contributed by atoms with Crippen LogP contribution >= 0.6 is 11.3 Å². The summed E-state index contributed by atoms with van der Waals surface area (Å²) >= 11 is 0.999. The summed E-state index contributed by atoms with van der Waals surface area (Å²) in [5, 5.41) is 2.71. The van der Waals surface area contributed by atoms with Crippen LogP contribution in [0.25, 0.3) is 0 Å². The summed E-state index contributed by atoms with van der Waals surface area (Å²) in [4.78, 5) is 16.2. The highest BCUT2D eigenvalue weighted by atomic mass is 32.1. The van der Waals surface area contributed by atoms with E-state index in [2.05, 4.69) is 15.0 Å². The number of aromatic nitrogens is 1. The molecule has 1 amide bonds. The van der Waals surface area contributed by atoms with E-state index in [-0.39, 0.29) is 10.8 Å². The monoisotopic (exact) mass is 317 g/mol. The number of alkyl halides is 3. The molecule has 9 heteroatoms. The van der Waals surface area contributed by atoms with Crippen LogP contribution in [0.1, 0.15) is 15.4 Å². The second kappa shape index (κ2) is 5.60. The Bertz CT molecular complexity index is 670. The average molecular weight is 317 g/mol. The summed E-state index contributed by atoms with van der Waals surface area (Å²) in [5.74, 6) is -0.910. The van der Waals surface area contributed by atoms with Crippen molar-refractivity contribution in [2.45, 2.75) is 13.3 Å². The molecule has 0 saturated carbocycles. The van der Waals surface area contributed by atoms with E-state index in [9.17, 15) is 18.0 Å². The molecule has 0 spiro atoms. The fourth-order valence-electron chi connectivity index (χ4n) is 1.59. The number of anilines is 2. The Kier molecular flexibility index (Phi) is 4.03. The Labute approximate surface area is 121 Å². The summed E-state index contributed by atoms with van der Waals surface area (Å²) in [6.45, 7) is 1.62. The van der Waals surface area contributed by atoms with Crippen molar-refractivity contribution in [3.8, 4) is 5.75 Å². The van der Waals surface area contributed by atoms with Crippen LogP contribution in [0.2, 0.25) is 0 Å². The van der Waals surface area contributed by atoms with Crippen molar-refractivity contribution in [1.82, 2.24) is 4.98 Å². The van der Waals surface area contributed by atoms with Crippen molar-refractivity contribution in [2.24, 2.45) is 0 Å². The van der Waals surface area contributed by atoms with Crippen LogP contribution in [-0.4, -0.2) is 17.3 Å². The van der Waals surface area contributed by atoms with E-state index in [4.69, 9.17) is 5.73 Å². The number of amides is 1. The molecule has 3 N–H and O–H groups in total. The lowest BCUT2D eigenvalue weighted by Gasteiger charge is -2.10. The molecule has 0 aliphatic carbocycles. The van der Waals surface area contributed by atoms with Crippen molar-refractivity contribution < 1.29 is 22.7 Å². The molecule has 1 heterocycles. The fourth-order valence-corrected chi connectivity index (χ4v) is 2.32. The van der Waals surface area contributed by atoms with Gasteiger partial charge in [0.2, 0.25) is 0 Å². The largest absolute Gasteiger partial charge is 0.573 e. The van der Waals surface area contributed by atoms with Crippen LogP contribution in [-0.2, 0) is 0 Å². The second-order valence-corrected chi connectivity index (χ2v) is 5.03. The van der Waals surface area contributed by atoms with Gasteiger partial charge in [0.1, 0.15) is 10.6 Å². The molecular weight excluding hydrogens is 307 g/mol. The summed E-state index contributed by atoms with van der Waals surface area (Å²) in [5.41, 5.74) is 6.12. The quantitative estimate of drug-likeness (QED) is 0.911. The van der Waals surface area contributed by atoms with Crippen LogP contribution in [0.3, 0.4) is 0 Å². The number of ether oxygens (including phenoxy) is 1. The molecule has 0 fully saturated rings. The highest BCUT2D eigenvalue weighted by molar-refractivity contribution is 7.17. The molecule has 21 heavy (non-hydrogen) atoms. The number of rotatable bonds is 3. The zero-order chi connectivity index (χ0) is 15.6. The molecule has 0 aliphatic heterocycles. The van der Waals surface area contributed by atoms with Crippen LogP contribution < -0.4 is 15.8 Å². The van der Waals surface area contributed by atoms with Gasteiger partial charge < -0.3 is 15.8 Å². The minimum atomic E-state index is -4.79. The summed E-state index contributed by atoms with van der Waals surface area (Å²) in [7, 11) is 0. The number of benzene rings is 1. The molecule has 0 saturated heterocycles. The molecular formula is C12H10F3N3O2S. The van der Waals surface area contributed by atoms with E-state index in [1.807, 2.05) is 0 Å². The van der Waals surface area contributed by atoms with Crippen molar-refractivity contribution in [2.75, 3.05) is 11.1 Å². The van der Waals surface area contributed by atoms with E-state index >= 15 is 0 Å². The smallest absolute Gasteiger partial charge is 0.406 e. The molecule has 1 aromatic heterocycles. The van der Waals surface area contributed by atoms with E-state index in [0.717, 1.165) is 23.5 Å². The molecule has 2 rings (SSSR count). The highest BCUT2D eigenvalue weighted by Crippen LogP contribution is 2.26. The SMILES string of the molecule is Cc1nc(N)sc1C(=O)Nc1cccc(OC(F)(F)F)c1. The number of halogens is 3. The molecule has 0 radical (unpaired) electrons. The number of carbonyl (C=O) groups is 1. The van der Waals surface area contributed by atoms with E-state index < -0.39 is 18.0 Å². The summed E-state index contributed by atoms with van der Waals surface area (Å²) in [6.07, 6.45) is -4.79. The molecule has 5 nitrogen and oxygen atoms in total. The van der Waals surface area contributed by atoms with Gasteiger partial charge in [0.15, 0.2) is 5.13 Å². The third-order valence-corrected chi connectivity index (χ3v) is 3.33. The lowest BCUT2D eigenvalue weighted by Crippen LogP contribution is -2.17. The van der Waals surface area contributed by atoms with Crippen molar-refractivity contribution in [3.05, 3.63) is 34.8 Å². The van der Waals surface area contributed by atoms with Gasteiger partial charge in [-0.25, -0.2) is 4.98 Å². The third-order valence-electron chi connectivity index (χ3n) is 2.34.